The smallest absolute Gasteiger partial charge is 0.230 e. The summed E-state index contributed by atoms with van der Waals surface area (Å²) in [7, 11) is 3.97. The van der Waals surface area contributed by atoms with Gasteiger partial charge in [-0.05, 0) is 68.8 Å². The Kier molecular flexibility index (Phi) is 5.63. The van der Waals surface area contributed by atoms with Crippen molar-refractivity contribution in [3.63, 3.8) is 0 Å². The number of nitrogens with zero attached hydrogens (tertiary/aromatic N) is 1. The predicted octanol–water partition coefficient (Wildman–Crippen LogP) is 3.28. The van der Waals surface area contributed by atoms with Gasteiger partial charge < -0.3 is 9.73 Å². The van der Waals surface area contributed by atoms with Crippen molar-refractivity contribution >= 4 is 17.7 Å². The summed E-state index contributed by atoms with van der Waals surface area (Å²) in [4.78, 5) is 15.4. The van der Waals surface area contributed by atoms with E-state index >= 15 is 0 Å². The zero-order valence-electron chi connectivity index (χ0n) is 14.2. The highest BCUT2D eigenvalue weighted by molar-refractivity contribution is 8.00. The topological polar surface area (TPSA) is 45.5 Å². The van der Waals surface area contributed by atoms with E-state index in [2.05, 4.69) is 23.5 Å². The molecule has 5 heteroatoms. The maximum absolute atomic E-state index is 12.2. The molecule has 4 nitrogen and oxygen atoms in total. The van der Waals surface area contributed by atoms with Gasteiger partial charge in [0, 0.05) is 11.4 Å². The minimum atomic E-state index is 0.0499. The van der Waals surface area contributed by atoms with Crippen LogP contribution in [0.2, 0.25) is 0 Å². The molecule has 0 saturated carbocycles. The van der Waals surface area contributed by atoms with Gasteiger partial charge in [-0.3, -0.25) is 9.69 Å². The van der Waals surface area contributed by atoms with Crippen molar-refractivity contribution in [2.24, 2.45) is 0 Å². The third kappa shape index (κ3) is 4.22. The van der Waals surface area contributed by atoms with E-state index in [1.807, 2.05) is 31.1 Å². The Bertz CT molecular complexity index is 683. The molecule has 1 N–H and O–H groups in total. The molecule has 1 unspecified atom stereocenters. The van der Waals surface area contributed by atoms with Crippen LogP contribution < -0.4 is 5.32 Å². The van der Waals surface area contributed by atoms with Gasteiger partial charge in [0.2, 0.25) is 5.91 Å². The fraction of sp³-hybridized carbons (Fsp3) is 0.421. The number of furan rings is 1. The Labute approximate surface area is 147 Å². The van der Waals surface area contributed by atoms with E-state index < -0.39 is 0 Å². The summed E-state index contributed by atoms with van der Waals surface area (Å²) in [6.45, 7) is 0.546. The van der Waals surface area contributed by atoms with Crippen LogP contribution in [0.3, 0.4) is 0 Å². The summed E-state index contributed by atoms with van der Waals surface area (Å²) in [6, 6.07) is 10.4. The average Bonchev–Trinajstić information content (AvgIpc) is 3.23. The van der Waals surface area contributed by atoms with E-state index in [1.54, 1.807) is 18.0 Å². The standard InChI is InChI=1S/C19H24N2O2S/c1-21(2)17(18-7-4-10-23-18)12-20-19(22)13-24-16-9-8-14-5-3-6-15(14)11-16/h4,7-11,17H,3,5-6,12-13H2,1-2H3,(H,20,22). The Morgan fingerprint density at radius 3 is 2.88 bits per heavy atom. The highest BCUT2D eigenvalue weighted by Gasteiger charge is 2.18. The van der Waals surface area contributed by atoms with Crippen LogP contribution in [0.1, 0.15) is 29.3 Å². The number of amides is 1. The van der Waals surface area contributed by atoms with Gasteiger partial charge in [-0.15, -0.1) is 11.8 Å². The fourth-order valence-corrected chi connectivity index (χ4v) is 3.86. The number of nitrogens with one attached hydrogen (secondary N) is 1. The van der Waals surface area contributed by atoms with Gasteiger partial charge in [-0.25, -0.2) is 0 Å². The van der Waals surface area contributed by atoms with E-state index in [0.717, 1.165) is 5.76 Å². The molecule has 1 aliphatic carbocycles. The number of rotatable bonds is 7. The lowest BCUT2D eigenvalue weighted by Gasteiger charge is -2.22. The third-order valence-electron chi connectivity index (χ3n) is 4.43. The van der Waals surface area contributed by atoms with Crippen molar-refractivity contribution < 1.29 is 9.21 Å². The summed E-state index contributed by atoms with van der Waals surface area (Å²) >= 11 is 1.60. The molecule has 0 bridgehead atoms. The molecule has 0 aliphatic heterocycles. The first-order valence-electron chi connectivity index (χ1n) is 8.34. The number of hydrogen-bond donors (Lipinski definition) is 1. The SMILES string of the molecule is CN(C)C(CNC(=O)CSc1ccc2c(c1)CCC2)c1ccco1. The van der Waals surface area contributed by atoms with E-state index in [9.17, 15) is 4.79 Å². The lowest BCUT2D eigenvalue weighted by molar-refractivity contribution is -0.118. The molecule has 0 fully saturated rings. The number of likely N-dealkylation sites (N-methyl/N-ethyl adjacent to an activating group) is 1. The first kappa shape index (κ1) is 17.1. The predicted molar refractivity (Wildman–Crippen MR) is 97.3 cm³/mol. The molecule has 0 spiro atoms. The largest absolute Gasteiger partial charge is 0.468 e. The zero-order chi connectivity index (χ0) is 16.9. The van der Waals surface area contributed by atoms with Gasteiger partial charge in [0.15, 0.2) is 0 Å². The van der Waals surface area contributed by atoms with Crippen LogP contribution in [0.15, 0.2) is 45.9 Å². The number of hydrogen-bond acceptors (Lipinski definition) is 4. The lowest BCUT2D eigenvalue weighted by Crippen LogP contribution is -2.35. The van der Waals surface area contributed by atoms with Gasteiger partial charge in [0.25, 0.3) is 0 Å². The molecule has 3 rings (SSSR count). The molecule has 2 aromatic rings. The highest BCUT2D eigenvalue weighted by atomic mass is 32.2. The monoisotopic (exact) mass is 344 g/mol. The van der Waals surface area contributed by atoms with E-state index in [1.165, 1.54) is 35.3 Å². The first-order valence-corrected chi connectivity index (χ1v) is 9.33. The minimum absolute atomic E-state index is 0.0499. The molecular formula is C19H24N2O2S. The van der Waals surface area contributed by atoms with Crippen LogP contribution in [0.25, 0.3) is 0 Å². The summed E-state index contributed by atoms with van der Waals surface area (Å²) < 4.78 is 5.46. The fourth-order valence-electron chi connectivity index (χ4n) is 3.07. The molecule has 0 radical (unpaired) electrons. The number of carbonyl (C=O) groups is 1. The summed E-state index contributed by atoms with van der Waals surface area (Å²) in [5.74, 6) is 1.36. The normalized spacial score (nSPS) is 14.6. The highest BCUT2D eigenvalue weighted by Crippen LogP contribution is 2.27. The zero-order valence-corrected chi connectivity index (χ0v) is 15.1. The molecule has 0 saturated heterocycles. The number of carbonyl (C=O) groups excluding carboxylic acids is 1. The van der Waals surface area contributed by atoms with Crippen molar-refractivity contribution in [2.45, 2.75) is 30.2 Å². The molecule has 1 amide bonds. The first-order chi connectivity index (χ1) is 11.6. The quantitative estimate of drug-likeness (QED) is 0.783. The maximum Gasteiger partial charge on any atom is 0.230 e. The summed E-state index contributed by atoms with van der Waals surface area (Å²) in [6.07, 6.45) is 5.28. The van der Waals surface area contributed by atoms with Crippen LogP contribution in [-0.4, -0.2) is 37.2 Å². The van der Waals surface area contributed by atoms with Crippen LogP contribution in [0.5, 0.6) is 0 Å². The van der Waals surface area contributed by atoms with Gasteiger partial charge >= 0.3 is 0 Å². The van der Waals surface area contributed by atoms with Crippen molar-refractivity contribution in [1.29, 1.82) is 0 Å². The van der Waals surface area contributed by atoms with Gasteiger partial charge in [-0.1, -0.05) is 6.07 Å². The van der Waals surface area contributed by atoms with Gasteiger partial charge in [0.1, 0.15) is 5.76 Å². The second-order valence-electron chi connectivity index (χ2n) is 6.37. The van der Waals surface area contributed by atoms with Crippen LogP contribution >= 0.6 is 11.8 Å². The lowest BCUT2D eigenvalue weighted by atomic mass is 10.1. The van der Waals surface area contributed by atoms with E-state index in [-0.39, 0.29) is 11.9 Å². The van der Waals surface area contributed by atoms with Crippen molar-refractivity contribution in [3.8, 4) is 0 Å². The van der Waals surface area contributed by atoms with Gasteiger partial charge in [-0.2, -0.15) is 0 Å². The van der Waals surface area contributed by atoms with Crippen LogP contribution in [0.4, 0.5) is 0 Å². The molecule has 24 heavy (non-hydrogen) atoms. The number of thioether (sulfide) groups is 1. The molecule has 1 atom stereocenters. The Balaban J connectivity index is 1.49. The second-order valence-corrected chi connectivity index (χ2v) is 7.42. The van der Waals surface area contributed by atoms with E-state index in [4.69, 9.17) is 4.42 Å². The number of aryl methyl sites for hydroxylation is 2. The van der Waals surface area contributed by atoms with E-state index in [0.29, 0.717) is 12.3 Å². The van der Waals surface area contributed by atoms with Gasteiger partial charge in [0.05, 0.1) is 18.1 Å². The molecule has 128 valence electrons. The molecule has 1 heterocycles. The van der Waals surface area contributed by atoms with Crippen molar-refractivity contribution in [1.82, 2.24) is 10.2 Å². The third-order valence-corrected chi connectivity index (χ3v) is 5.42. The molecule has 1 aromatic heterocycles. The van der Waals surface area contributed by atoms with Crippen molar-refractivity contribution in [2.75, 3.05) is 26.4 Å². The van der Waals surface area contributed by atoms with Crippen LogP contribution in [-0.2, 0) is 17.6 Å². The average molecular weight is 344 g/mol. The number of benzene rings is 1. The molecular weight excluding hydrogens is 320 g/mol. The summed E-state index contributed by atoms with van der Waals surface area (Å²) in [5.41, 5.74) is 2.92. The molecule has 1 aromatic carbocycles. The summed E-state index contributed by atoms with van der Waals surface area (Å²) in [5, 5.41) is 3.01. The Morgan fingerprint density at radius 1 is 1.29 bits per heavy atom. The van der Waals surface area contributed by atoms with Crippen LogP contribution in [0, 0.1) is 0 Å². The maximum atomic E-state index is 12.2. The Hall–Kier alpha value is -1.72. The van der Waals surface area contributed by atoms with Crippen molar-refractivity contribution in [3.05, 3.63) is 53.5 Å². The second kappa shape index (κ2) is 7.90. The number of fused-ring (bicyclic) bond motifs is 1. The molecule has 1 aliphatic rings. The minimum Gasteiger partial charge on any atom is -0.468 e. The Morgan fingerprint density at radius 2 is 2.12 bits per heavy atom.